The van der Waals surface area contributed by atoms with Gasteiger partial charge in [0.05, 0.1) is 23.7 Å². The van der Waals surface area contributed by atoms with E-state index in [-0.39, 0.29) is 17.1 Å². The van der Waals surface area contributed by atoms with Crippen LogP contribution in [0.4, 0.5) is 10.5 Å². The number of rotatable bonds is 8. The molecule has 0 aliphatic heterocycles. The molecular formula is C19H22Cl2N2O5S. The highest BCUT2D eigenvalue weighted by molar-refractivity contribution is 7.92. The molecule has 158 valence electrons. The van der Waals surface area contributed by atoms with Crippen LogP contribution in [0.3, 0.4) is 0 Å². The van der Waals surface area contributed by atoms with Crippen molar-refractivity contribution in [2.24, 2.45) is 0 Å². The topological polar surface area (TPSA) is 95.9 Å². The van der Waals surface area contributed by atoms with Crippen molar-refractivity contribution in [3.8, 4) is 0 Å². The number of carbonyl (C=O) groups excluding carboxylic acids is 1. The molecule has 0 heterocycles. The van der Waals surface area contributed by atoms with Gasteiger partial charge in [-0.05, 0) is 50.2 Å². The lowest BCUT2D eigenvalue weighted by Crippen LogP contribution is -2.40. The summed E-state index contributed by atoms with van der Waals surface area (Å²) in [6.45, 7) is 3.10. The number of halogens is 2. The van der Waals surface area contributed by atoms with E-state index in [4.69, 9.17) is 27.9 Å². The van der Waals surface area contributed by atoms with Crippen LogP contribution in [0, 0.1) is 0 Å². The molecule has 0 saturated carbocycles. The number of sulfonamides is 1. The molecule has 1 atom stereocenters. The summed E-state index contributed by atoms with van der Waals surface area (Å²) >= 11 is 12.0. The van der Waals surface area contributed by atoms with Gasteiger partial charge in [0.15, 0.2) is 0 Å². The Kier molecular flexibility index (Phi) is 8.15. The molecule has 1 amide bonds. The predicted molar refractivity (Wildman–Crippen MR) is 113 cm³/mol. The van der Waals surface area contributed by atoms with Crippen LogP contribution < -0.4 is 9.62 Å². The normalized spacial score (nSPS) is 12.3. The Balaban J connectivity index is 2.49. The molecule has 2 aromatic rings. The molecule has 0 bridgehead atoms. The largest absolute Gasteiger partial charge is 0.445 e. The lowest BCUT2D eigenvalue weighted by molar-refractivity contribution is 0.111. The maximum Gasteiger partial charge on any atom is 0.407 e. The Labute approximate surface area is 180 Å². The van der Waals surface area contributed by atoms with E-state index in [2.05, 4.69) is 5.32 Å². The van der Waals surface area contributed by atoms with Crippen LogP contribution in [-0.2, 0) is 21.4 Å². The second-order valence-electron chi connectivity index (χ2n) is 6.17. The number of ether oxygens (including phenoxy) is 1. The SMILES string of the molecule is CCNC(=O)O[C@H](C)CN(c1cc(Cl)ccc1CO)S(=O)(=O)c1ccc(Cl)cc1. The second-order valence-corrected chi connectivity index (χ2v) is 8.90. The van der Waals surface area contributed by atoms with Crippen LogP contribution in [0.1, 0.15) is 19.4 Å². The molecule has 0 aliphatic rings. The summed E-state index contributed by atoms with van der Waals surface area (Å²) in [5.74, 6) is 0. The first-order valence-corrected chi connectivity index (χ1v) is 11.0. The van der Waals surface area contributed by atoms with Gasteiger partial charge < -0.3 is 15.2 Å². The molecule has 10 heteroatoms. The van der Waals surface area contributed by atoms with E-state index in [0.29, 0.717) is 22.2 Å². The maximum absolute atomic E-state index is 13.4. The van der Waals surface area contributed by atoms with Gasteiger partial charge in [-0.1, -0.05) is 29.3 Å². The van der Waals surface area contributed by atoms with Crippen molar-refractivity contribution >= 4 is 45.0 Å². The third kappa shape index (κ3) is 5.99. The monoisotopic (exact) mass is 460 g/mol. The fourth-order valence-corrected chi connectivity index (χ4v) is 4.46. The highest BCUT2D eigenvalue weighted by atomic mass is 35.5. The highest BCUT2D eigenvalue weighted by Gasteiger charge is 2.29. The number of aliphatic hydroxyl groups is 1. The number of nitrogens with one attached hydrogen (secondary N) is 1. The van der Waals surface area contributed by atoms with Gasteiger partial charge in [0.2, 0.25) is 0 Å². The summed E-state index contributed by atoms with van der Waals surface area (Å²) in [5.41, 5.74) is 0.554. The number of benzene rings is 2. The van der Waals surface area contributed by atoms with Crippen LogP contribution in [-0.4, -0.2) is 38.8 Å². The fourth-order valence-electron chi connectivity index (χ4n) is 2.60. The van der Waals surface area contributed by atoms with E-state index in [9.17, 15) is 18.3 Å². The van der Waals surface area contributed by atoms with E-state index in [0.717, 1.165) is 4.31 Å². The second kappa shape index (κ2) is 10.2. The average molecular weight is 461 g/mol. The molecule has 2 N–H and O–H groups in total. The summed E-state index contributed by atoms with van der Waals surface area (Å²) in [5, 5.41) is 12.9. The lowest BCUT2D eigenvalue weighted by atomic mass is 10.2. The summed E-state index contributed by atoms with van der Waals surface area (Å²) in [6.07, 6.45) is -1.44. The summed E-state index contributed by atoms with van der Waals surface area (Å²) in [7, 11) is -4.07. The minimum Gasteiger partial charge on any atom is -0.445 e. The number of hydrogen-bond acceptors (Lipinski definition) is 5. The number of anilines is 1. The van der Waals surface area contributed by atoms with E-state index in [1.54, 1.807) is 19.9 Å². The van der Waals surface area contributed by atoms with Gasteiger partial charge in [0.1, 0.15) is 6.10 Å². The first-order valence-electron chi connectivity index (χ1n) is 8.81. The molecule has 0 radical (unpaired) electrons. The molecular weight excluding hydrogens is 439 g/mol. The quantitative estimate of drug-likeness (QED) is 0.623. The van der Waals surface area contributed by atoms with Crippen molar-refractivity contribution in [1.29, 1.82) is 0 Å². The standard InChI is InChI=1S/C19H22Cl2N2O5S/c1-3-22-19(25)28-13(2)11-23(18-10-16(21)5-4-14(18)12-24)29(26,27)17-8-6-15(20)7-9-17/h4-10,13,24H,3,11-12H2,1-2H3,(H,22,25)/t13-/m1/s1. The molecule has 0 aromatic heterocycles. The number of carbonyl (C=O) groups is 1. The summed E-state index contributed by atoms with van der Waals surface area (Å²) in [6, 6.07) is 10.2. The van der Waals surface area contributed by atoms with Crippen LogP contribution in [0.5, 0.6) is 0 Å². The first kappa shape index (κ1) is 23.3. The number of amides is 1. The molecule has 0 spiro atoms. The molecule has 2 aromatic carbocycles. The molecule has 0 saturated heterocycles. The Morgan fingerprint density at radius 1 is 1.17 bits per heavy atom. The summed E-state index contributed by atoms with van der Waals surface area (Å²) < 4.78 is 33.0. The number of alkyl carbamates (subject to hydrolysis) is 1. The zero-order valence-corrected chi connectivity index (χ0v) is 18.3. The predicted octanol–water partition coefficient (Wildman–Crippen LogP) is 3.82. The number of hydrogen-bond donors (Lipinski definition) is 2. The van der Waals surface area contributed by atoms with Gasteiger partial charge in [0, 0.05) is 22.2 Å². The van der Waals surface area contributed by atoms with Gasteiger partial charge in [-0.2, -0.15) is 0 Å². The summed E-state index contributed by atoms with van der Waals surface area (Å²) in [4.78, 5) is 11.7. The molecule has 0 fully saturated rings. The van der Waals surface area contributed by atoms with E-state index in [1.807, 2.05) is 0 Å². The lowest BCUT2D eigenvalue weighted by Gasteiger charge is -2.29. The highest BCUT2D eigenvalue weighted by Crippen LogP contribution is 2.31. The van der Waals surface area contributed by atoms with Crippen molar-refractivity contribution in [3.05, 3.63) is 58.1 Å². The minimum atomic E-state index is -4.07. The van der Waals surface area contributed by atoms with Crippen LogP contribution in [0.25, 0.3) is 0 Å². The van der Waals surface area contributed by atoms with Crippen LogP contribution >= 0.6 is 23.2 Å². The van der Waals surface area contributed by atoms with Crippen molar-refractivity contribution in [3.63, 3.8) is 0 Å². The van der Waals surface area contributed by atoms with Gasteiger partial charge in [-0.25, -0.2) is 13.2 Å². The molecule has 2 rings (SSSR count). The van der Waals surface area contributed by atoms with Crippen molar-refractivity contribution in [2.45, 2.75) is 31.5 Å². The molecule has 7 nitrogen and oxygen atoms in total. The van der Waals surface area contributed by atoms with Crippen LogP contribution in [0.2, 0.25) is 10.0 Å². The molecule has 29 heavy (non-hydrogen) atoms. The fraction of sp³-hybridized carbons (Fsp3) is 0.316. The van der Waals surface area contributed by atoms with E-state index in [1.165, 1.54) is 36.4 Å². The smallest absolute Gasteiger partial charge is 0.407 e. The van der Waals surface area contributed by atoms with Crippen molar-refractivity contribution in [2.75, 3.05) is 17.4 Å². The molecule has 0 unspecified atom stereocenters. The first-order chi connectivity index (χ1) is 13.7. The maximum atomic E-state index is 13.4. The van der Waals surface area contributed by atoms with Gasteiger partial charge in [0.25, 0.3) is 10.0 Å². The van der Waals surface area contributed by atoms with Gasteiger partial charge >= 0.3 is 6.09 Å². The number of nitrogens with zero attached hydrogens (tertiary/aromatic N) is 1. The zero-order valence-electron chi connectivity index (χ0n) is 15.9. The Morgan fingerprint density at radius 3 is 2.38 bits per heavy atom. The Bertz CT molecular complexity index is 952. The number of aliphatic hydroxyl groups excluding tert-OH is 1. The van der Waals surface area contributed by atoms with Crippen molar-refractivity contribution in [1.82, 2.24) is 5.32 Å². The Morgan fingerprint density at radius 2 is 1.79 bits per heavy atom. The van der Waals surface area contributed by atoms with E-state index >= 15 is 0 Å². The minimum absolute atomic E-state index is 0.00373. The Hall–Kier alpha value is -2.00. The third-order valence-corrected chi connectivity index (χ3v) is 6.22. The van der Waals surface area contributed by atoms with E-state index < -0.39 is 28.8 Å². The average Bonchev–Trinajstić information content (AvgIpc) is 2.66. The van der Waals surface area contributed by atoms with Gasteiger partial charge in [-0.15, -0.1) is 0 Å². The molecule has 0 aliphatic carbocycles. The van der Waals surface area contributed by atoms with Gasteiger partial charge in [-0.3, -0.25) is 4.31 Å². The van der Waals surface area contributed by atoms with Crippen LogP contribution in [0.15, 0.2) is 47.4 Å². The zero-order chi connectivity index (χ0) is 21.6. The van der Waals surface area contributed by atoms with Crippen molar-refractivity contribution < 1.29 is 23.1 Å². The third-order valence-electron chi connectivity index (χ3n) is 3.94.